The van der Waals surface area contributed by atoms with Crippen molar-refractivity contribution in [3.05, 3.63) is 35.5 Å². The fourth-order valence-electron chi connectivity index (χ4n) is 3.00. The van der Waals surface area contributed by atoms with Gasteiger partial charge in [-0.1, -0.05) is 18.2 Å². The van der Waals surface area contributed by atoms with Gasteiger partial charge in [-0.25, -0.2) is 0 Å². The van der Waals surface area contributed by atoms with Crippen molar-refractivity contribution in [2.24, 2.45) is 0 Å². The number of H-pyrrole nitrogens is 1. The molecule has 2 N–H and O–H groups in total. The van der Waals surface area contributed by atoms with E-state index in [0.29, 0.717) is 13.1 Å². The normalized spacial score (nSPS) is 15.6. The summed E-state index contributed by atoms with van der Waals surface area (Å²) >= 11 is 0. The van der Waals surface area contributed by atoms with E-state index >= 15 is 0 Å². The molecule has 1 aliphatic heterocycles. The molecule has 0 fully saturated rings. The highest BCUT2D eigenvalue weighted by Crippen LogP contribution is 2.27. The molecule has 1 atom stereocenters. The Morgan fingerprint density at radius 2 is 2.10 bits per heavy atom. The van der Waals surface area contributed by atoms with Crippen LogP contribution in [0.4, 0.5) is 0 Å². The average molecular weight is 285 g/mol. The SMILES string of the molecule is CC(=O)N[C@@H](C)C(=O)N1CCc2[nH]c3ccccc3c2C1. The molecule has 0 spiro atoms. The van der Waals surface area contributed by atoms with E-state index in [1.54, 1.807) is 6.92 Å². The summed E-state index contributed by atoms with van der Waals surface area (Å²) in [6, 6.07) is 7.67. The Morgan fingerprint density at radius 3 is 2.86 bits per heavy atom. The Kier molecular flexibility index (Phi) is 3.41. The number of benzene rings is 1. The monoisotopic (exact) mass is 285 g/mol. The van der Waals surface area contributed by atoms with Gasteiger partial charge >= 0.3 is 0 Å². The van der Waals surface area contributed by atoms with Gasteiger partial charge in [0, 0.05) is 48.6 Å². The molecule has 110 valence electrons. The Balaban J connectivity index is 1.83. The van der Waals surface area contributed by atoms with Gasteiger partial charge in [0.25, 0.3) is 0 Å². The van der Waals surface area contributed by atoms with Gasteiger partial charge in [0.05, 0.1) is 0 Å². The van der Waals surface area contributed by atoms with Crippen LogP contribution in [0.3, 0.4) is 0 Å². The second-order valence-electron chi connectivity index (χ2n) is 5.56. The van der Waals surface area contributed by atoms with E-state index in [4.69, 9.17) is 0 Å². The van der Waals surface area contributed by atoms with Crippen molar-refractivity contribution in [1.29, 1.82) is 0 Å². The number of fused-ring (bicyclic) bond motifs is 3. The summed E-state index contributed by atoms with van der Waals surface area (Å²) < 4.78 is 0. The van der Waals surface area contributed by atoms with E-state index in [1.165, 1.54) is 23.6 Å². The maximum Gasteiger partial charge on any atom is 0.245 e. The van der Waals surface area contributed by atoms with Crippen LogP contribution < -0.4 is 5.32 Å². The minimum Gasteiger partial charge on any atom is -0.358 e. The minimum atomic E-state index is -0.478. The van der Waals surface area contributed by atoms with E-state index in [2.05, 4.69) is 22.4 Å². The van der Waals surface area contributed by atoms with Gasteiger partial charge in [-0.2, -0.15) is 0 Å². The predicted octanol–water partition coefficient (Wildman–Crippen LogP) is 1.58. The molecule has 2 amide bonds. The fourth-order valence-corrected chi connectivity index (χ4v) is 3.00. The summed E-state index contributed by atoms with van der Waals surface area (Å²) in [6.45, 7) is 4.44. The summed E-state index contributed by atoms with van der Waals surface area (Å²) in [5, 5.41) is 3.83. The molecule has 0 unspecified atom stereocenters. The molecule has 1 aliphatic rings. The van der Waals surface area contributed by atoms with E-state index in [1.807, 2.05) is 17.0 Å². The number of amides is 2. The second-order valence-corrected chi connectivity index (χ2v) is 5.56. The van der Waals surface area contributed by atoms with Crippen LogP contribution in [0.25, 0.3) is 10.9 Å². The molecular formula is C16H19N3O2. The highest BCUT2D eigenvalue weighted by Gasteiger charge is 2.27. The molecule has 1 aromatic heterocycles. The summed E-state index contributed by atoms with van der Waals surface area (Å²) in [6.07, 6.45) is 0.822. The third kappa shape index (κ3) is 2.51. The number of carbonyl (C=O) groups is 2. The Morgan fingerprint density at radius 1 is 1.33 bits per heavy atom. The van der Waals surface area contributed by atoms with E-state index in [9.17, 15) is 9.59 Å². The van der Waals surface area contributed by atoms with Crippen molar-refractivity contribution >= 4 is 22.7 Å². The molecule has 0 saturated carbocycles. The van der Waals surface area contributed by atoms with Crippen LogP contribution in [0.15, 0.2) is 24.3 Å². The van der Waals surface area contributed by atoms with E-state index < -0.39 is 6.04 Å². The van der Waals surface area contributed by atoms with Crippen LogP contribution in [0.2, 0.25) is 0 Å². The van der Waals surface area contributed by atoms with Gasteiger partial charge in [0.1, 0.15) is 6.04 Å². The van der Waals surface area contributed by atoms with Crippen LogP contribution in [0, 0.1) is 0 Å². The van der Waals surface area contributed by atoms with Gasteiger partial charge in [0.2, 0.25) is 11.8 Å². The second kappa shape index (κ2) is 5.24. The number of rotatable bonds is 2. The number of nitrogens with one attached hydrogen (secondary N) is 2. The smallest absolute Gasteiger partial charge is 0.245 e. The number of hydrogen-bond donors (Lipinski definition) is 2. The summed E-state index contributed by atoms with van der Waals surface area (Å²) in [4.78, 5) is 28.7. The van der Waals surface area contributed by atoms with Crippen LogP contribution >= 0.6 is 0 Å². The maximum absolute atomic E-state index is 12.4. The van der Waals surface area contributed by atoms with Gasteiger partial charge in [-0.3, -0.25) is 9.59 Å². The first kappa shape index (κ1) is 13.7. The molecule has 1 aromatic carbocycles. The van der Waals surface area contributed by atoms with Crippen molar-refractivity contribution in [2.45, 2.75) is 32.9 Å². The summed E-state index contributed by atoms with van der Waals surface area (Å²) in [5.41, 5.74) is 3.53. The third-order valence-corrected chi connectivity index (χ3v) is 3.98. The lowest BCUT2D eigenvalue weighted by Crippen LogP contribution is -2.47. The van der Waals surface area contributed by atoms with Crippen molar-refractivity contribution in [1.82, 2.24) is 15.2 Å². The van der Waals surface area contributed by atoms with Crippen molar-refractivity contribution in [3.8, 4) is 0 Å². The van der Waals surface area contributed by atoms with Crippen molar-refractivity contribution in [3.63, 3.8) is 0 Å². The lowest BCUT2D eigenvalue weighted by molar-refractivity contribution is -0.136. The molecular weight excluding hydrogens is 266 g/mol. The molecule has 2 heterocycles. The molecule has 0 radical (unpaired) electrons. The molecule has 2 aromatic rings. The number of aromatic nitrogens is 1. The lowest BCUT2D eigenvalue weighted by atomic mass is 10.0. The third-order valence-electron chi connectivity index (χ3n) is 3.98. The molecule has 3 rings (SSSR count). The molecule has 0 saturated heterocycles. The number of carbonyl (C=O) groups excluding carboxylic acids is 2. The van der Waals surface area contributed by atoms with E-state index in [-0.39, 0.29) is 11.8 Å². The number of aromatic amines is 1. The minimum absolute atomic E-state index is 0.0267. The van der Waals surface area contributed by atoms with Crippen LogP contribution in [0.1, 0.15) is 25.1 Å². The van der Waals surface area contributed by atoms with E-state index in [0.717, 1.165) is 11.9 Å². The maximum atomic E-state index is 12.4. The first-order chi connectivity index (χ1) is 10.1. The Labute approximate surface area is 123 Å². The van der Waals surface area contributed by atoms with Gasteiger partial charge in [-0.15, -0.1) is 0 Å². The molecule has 0 bridgehead atoms. The zero-order valence-electron chi connectivity index (χ0n) is 12.3. The average Bonchev–Trinajstić information content (AvgIpc) is 2.83. The Hall–Kier alpha value is -2.30. The summed E-state index contributed by atoms with van der Waals surface area (Å²) in [7, 11) is 0. The molecule has 5 nitrogen and oxygen atoms in total. The Bertz CT molecular complexity index is 705. The van der Waals surface area contributed by atoms with Gasteiger partial charge < -0.3 is 15.2 Å². The van der Waals surface area contributed by atoms with Gasteiger partial charge in [0.15, 0.2) is 0 Å². The van der Waals surface area contributed by atoms with Crippen molar-refractivity contribution < 1.29 is 9.59 Å². The lowest BCUT2D eigenvalue weighted by Gasteiger charge is -2.29. The first-order valence-corrected chi connectivity index (χ1v) is 7.20. The molecule has 21 heavy (non-hydrogen) atoms. The van der Waals surface area contributed by atoms with Crippen LogP contribution in [0.5, 0.6) is 0 Å². The first-order valence-electron chi connectivity index (χ1n) is 7.20. The summed E-state index contributed by atoms with van der Waals surface area (Å²) in [5.74, 6) is -0.207. The predicted molar refractivity (Wildman–Crippen MR) is 80.7 cm³/mol. The highest BCUT2D eigenvalue weighted by atomic mass is 16.2. The van der Waals surface area contributed by atoms with Gasteiger partial charge in [-0.05, 0) is 13.0 Å². The largest absolute Gasteiger partial charge is 0.358 e. The van der Waals surface area contributed by atoms with Crippen molar-refractivity contribution in [2.75, 3.05) is 6.54 Å². The topological polar surface area (TPSA) is 65.2 Å². The molecule has 0 aliphatic carbocycles. The number of hydrogen-bond acceptors (Lipinski definition) is 2. The standard InChI is InChI=1S/C16H19N3O2/c1-10(17-11(2)20)16(21)19-8-7-15-13(9-19)12-5-3-4-6-14(12)18-15/h3-6,10,18H,7-9H2,1-2H3,(H,17,20)/t10-/m0/s1. The number of nitrogens with zero attached hydrogens (tertiary/aromatic N) is 1. The van der Waals surface area contributed by atoms with Crippen LogP contribution in [-0.2, 0) is 22.6 Å². The zero-order chi connectivity index (χ0) is 15.0. The van der Waals surface area contributed by atoms with Crippen LogP contribution in [-0.4, -0.2) is 34.3 Å². The molecule has 5 heteroatoms. The fraction of sp³-hybridized carbons (Fsp3) is 0.375. The zero-order valence-corrected chi connectivity index (χ0v) is 12.3. The number of para-hydroxylation sites is 1. The highest BCUT2D eigenvalue weighted by molar-refractivity contribution is 5.88. The quantitative estimate of drug-likeness (QED) is 0.880.